The number of anilines is 1. The van der Waals surface area contributed by atoms with Gasteiger partial charge in [-0.3, -0.25) is 0 Å². The number of nitrogens with two attached hydrogens (primary N) is 2. The summed E-state index contributed by atoms with van der Waals surface area (Å²) in [5.41, 5.74) is 19.6. The maximum absolute atomic E-state index is 11.3. The molecule has 4 N–H and O–H groups in total. The highest BCUT2D eigenvalue weighted by atomic mass is 16.5. The van der Waals surface area contributed by atoms with E-state index in [-0.39, 0.29) is 17.1 Å². The number of rotatable bonds is 3. The summed E-state index contributed by atoms with van der Waals surface area (Å²) in [5.74, 6) is -0.528. The van der Waals surface area contributed by atoms with Crippen molar-refractivity contribution in [3.8, 4) is 5.75 Å². The van der Waals surface area contributed by atoms with Crippen LogP contribution in [0.4, 0.5) is 11.4 Å². The van der Waals surface area contributed by atoms with E-state index in [2.05, 4.69) is 10.0 Å². The number of nitrogens with zero attached hydrogens (tertiary/aromatic N) is 3. The van der Waals surface area contributed by atoms with Crippen molar-refractivity contribution in [3.05, 3.63) is 28.6 Å². The lowest BCUT2D eigenvalue weighted by molar-refractivity contribution is -0.135. The smallest absolute Gasteiger partial charge is 0.328 e. The monoisotopic (exact) mass is 221 g/mol. The molecule has 0 unspecified atom stereocenters. The number of carbonyl (C=O) groups excluding carboxylic acids is 1. The zero-order chi connectivity index (χ0) is 12.1. The Balaban J connectivity index is 3.08. The van der Waals surface area contributed by atoms with Crippen LogP contribution in [0.5, 0.6) is 5.75 Å². The number of nitrogen functional groups attached to an aromatic ring is 1. The Morgan fingerprint density at radius 2 is 2.31 bits per heavy atom. The van der Waals surface area contributed by atoms with E-state index in [1.54, 1.807) is 6.07 Å². The summed E-state index contributed by atoms with van der Waals surface area (Å²) in [6, 6.07) is 3.82. The van der Waals surface area contributed by atoms with E-state index >= 15 is 0 Å². The van der Waals surface area contributed by atoms with Gasteiger partial charge in [-0.25, -0.2) is 4.79 Å². The maximum atomic E-state index is 11.3. The molecule has 7 heteroatoms. The predicted molar refractivity (Wildman–Crippen MR) is 58.9 cm³/mol. The first-order chi connectivity index (χ1) is 7.56. The van der Waals surface area contributed by atoms with Crippen molar-refractivity contribution in [1.29, 1.82) is 0 Å². The lowest BCUT2D eigenvalue weighted by Gasteiger charge is -2.09. The largest absolute Gasteiger partial charge is 0.425 e. The van der Waals surface area contributed by atoms with Crippen molar-refractivity contribution in [2.45, 2.75) is 13.0 Å². The molecule has 0 aromatic heterocycles. The Morgan fingerprint density at radius 3 is 2.88 bits per heavy atom. The fourth-order valence-electron chi connectivity index (χ4n) is 0.975. The summed E-state index contributed by atoms with van der Waals surface area (Å²) in [6.07, 6.45) is 0. The molecule has 84 valence electrons. The van der Waals surface area contributed by atoms with Crippen LogP contribution in [0.3, 0.4) is 0 Å². The summed E-state index contributed by atoms with van der Waals surface area (Å²) >= 11 is 0. The second-order valence-corrected chi connectivity index (χ2v) is 3.09. The van der Waals surface area contributed by atoms with Gasteiger partial charge in [0.05, 0.1) is 0 Å². The predicted octanol–water partition coefficient (Wildman–Crippen LogP) is 1.46. The number of hydrogen-bond acceptors (Lipinski definition) is 5. The minimum atomic E-state index is -0.764. The van der Waals surface area contributed by atoms with Gasteiger partial charge in [0.2, 0.25) is 0 Å². The van der Waals surface area contributed by atoms with Crippen LogP contribution in [0.2, 0.25) is 0 Å². The first kappa shape index (κ1) is 11.8. The summed E-state index contributed by atoms with van der Waals surface area (Å²) < 4.78 is 4.93. The molecule has 7 nitrogen and oxygen atoms in total. The lowest BCUT2D eigenvalue weighted by atomic mass is 10.2. The van der Waals surface area contributed by atoms with Crippen LogP contribution in [0, 0.1) is 0 Å². The minimum absolute atomic E-state index is 0.0824. The van der Waals surface area contributed by atoms with E-state index in [0.29, 0.717) is 0 Å². The molecule has 0 fully saturated rings. The van der Waals surface area contributed by atoms with Gasteiger partial charge in [0.25, 0.3) is 0 Å². The SMILES string of the molecule is C[C@H](N)C(=O)Oc1cccc(N)c1N=[N+]=[N-]. The number of ether oxygens (including phenoxy) is 1. The quantitative estimate of drug-likeness (QED) is 0.200. The van der Waals surface area contributed by atoms with E-state index in [9.17, 15) is 4.79 Å². The number of carbonyl (C=O) groups is 1. The molecule has 0 amide bonds. The summed E-state index contributed by atoms with van der Waals surface area (Å²) in [5, 5.41) is 3.36. The maximum Gasteiger partial charge on any atom is 0.328 e. The third-order valence-electron chi connectivity index (χ3n) is 1.76. The second kappa shape index (κ2) is 5.01. The first-order valence-corrected chi connectivity index (χ1v) is 4.47. The highest BCUT2D eigenvalue weighted by Gasteiger charge is 2.13. The molecule has 0 bridgehead atoms. The molecule has 16 heavy (non-hydrogen) atoms. The summed E-state index contributed by atoms with van der Waals surface area (Å²) in [4.78, 5) is 13.9. The average molecular weight is 221 g/mol. The Hall–Kier alpha value is -2.24. The molecule has 1 aromatic rings. The molecule has 1 rings (SSSR count). The van der Waals surface area contributed by atoms with Gasteiger partial charge < -0.3 is 16.2 Å². The third kappa shape index (κ3) is 2.63. The van der Waals surface area contributed by atoms with E-state index in [4.69, 9.17) is 21.7 Å². The number of esters is 1. The first-order valence-electron chi connectivity index (χ1n) is 4.47. The van der Waals surface area contributed by atoms with Crippen LogP contribution in [-0.2, 0) is 4.79 Å². The molecule has 0 radical (unpaired) electrons. The van der Waals surface area contributed by atoms with E-state index in [1.807, 2.05) is 0 Å². The molecule has 1 atom stereocenters. The molecule has 0 spiro atoms. The van der Waals surface area contributed by atoms with Crippen molar-refractivity contribution in [1.82, 2.24) is 0 Å². The highest BCUT2D eigenvalue weighted by molar-refractivity contribution is 5.81. The van der Waals surface area contributed by atoms with Gasteiger partial charge in [-0.1, -0.05) is 11.2 Å². The molecule has 0 aliphatic carbocycles. The molecule has 0 aliphatic rings. The fourth-order valence-corrected chi connectivity index (χ4v) is 0.975. The number of azide groups is 1. The van der Waals surface area contributed by atoms with E-state index in [0.717, 1.165) is 0 Å². The van der Waals surface area contributed by atoms with Gasteiger partial charge in [0.15, 0.2) is 0 Å². The van der Waals surface area contributed by atoms with Gasteiger partial charge in [-0.15, -0.1) is 0 Å². The van der Waals surface area contributed by atoms with Gasteiger partial charge in [-0.05, 0) is 24.6 Å². The van der Waals surface area contributed by atoms with Crippen LogP contribution in [0.1, 0.15) is 6.92 Å². The normalized spacial score (nSPS) is 11.4. The number of hydrogen-bond donors (Lipinski definition) is 2. The molecular formula is C9H11N5O2. The Labute approximate surface area is 91.6 Å². The van der Waals surface area contributed by atoms with Crippen LogP contribution in [-0.4, -0.2) is 12.0 Å². The van der Waals surface area contributed by atoms with Crippen LogP contribution in [0.25, 0.3) is 10.4 Å². The van der Waals surface area contributed by atoms with Gasteiger partial charge >= 0.3 is 5.97 Å². The van der Waals surface area contributed by atoms with Crippen LogP contribution < -0.4 is 16.2 Å². The molecule has 1 aromatic carbocycles. The van der Waals surface area contributed by atoms with Crippen molar-refractivity contribution in [2.24, 2.45) is 10.8 Å². The van der Waals surface area contributed by atoms with Crippen molar-refractivity contribution in [3.63, 3.8) is 0 Å². The van der Waals surface area contributed by atoms with E-state index in [1.165, 1.54) is 19.1 Å². The van der Waals surface area contributed by atoms with Gasteiger partial charge in [-0.2, -0.15) is 0 Å². The summed E-state index contributed by atoms with van der Waals surface area (Å²) in [7, 11) is 0. The lowest BCUT2D eigenvalue weighted by Crippen LogP contribution is -2.30. The summed E-state index contributed by atoms with van der Waals surface area (Å²) in [6.45, 7) is 1.49. The molecule has 0 saturated heterocycles. The Morgan fingerprint density at radius 1 is 1.62 bits per heavy atom. The molecular weight excluding hydrogens is 210 g/mol. The minimum Gasteiger partial charge on any atom is -0.425 e. The average Bonchev–Trinajstić information content (AvgIpc) is 2.23. The second-order valence-electron chi connectivity index (χ2n) is 3.09. The Kier molecular flexibility index (Phi) is 3.71. The zero-order valence-electron chi connectivity index (χ0n) is 8.62. The van der Waals surface area contributed by atoms with Crippen molar-refractivity contribution < 1.29 is 9.53 Å². The van der Waals surface area contributed by atoms with Gasteiger partial charge in [0.1, 0.15) is 17.5 Å². The third-order valence-corrected chi connectivity index (χ3v) is 1.76. The van der Waals surface area contributed by atoms with E-state index < -0.39 is 12.0 Å². The Bertz CT molecular complexity index is 451. The van der Waals surface area contributed by atoms with Crippen LogP contribution in [0.15, 0.2) is 23.3 Å². The molecule has 0 heterocycles. The highest BCUT2D eigenvalue weighted by Crippen LogP contribution is 2.33. The topological polar surface area (TPSA) is 127 Å². The van der Waals surface area contributed by atoms with Crippen molar-refractivity contribution in [2.75, 3.05) is 5.73 Å². The van der Waals surface area contributed by atoms with Crippen molar-refractivity contribution >= 4 is 17.3 Å². The molecule has 0 saturated carbocycles. The van der Waals surface area contributed by atoms with Crippen LogP contribution >= 0.6 is 0 Å². The number of benzene rings is 1. The standard InChI is InChI=1S/C9H11N5O2/c1-5(10)9(15)16-7-4-2-3-6(11)8(7)13-14-12/h2-5H,10-11H2,1H3/t5-/m0/s1. The van der Waals surface area contributed by atoms with Gasteiger partial charge in [0, 0.05) is 10.6 Å². The zero-order valence-corrected chi connectivity index (χ0v) is 8.62. The molecule has 0 aliphatic heterocycles. The fraction of sp³-hybridized carbons (Fsp3) is 0.222.